The van der Waals surface area contributed by atoms with E-state index in [0.717, 1.165) is 5.92 Å². The van der Waals surface area contributed by atoms with Crippen molar-refractivity contribution in [1.82, 2.24) is 4.90 Å². The van der Waals surface area contributed by atoms with Crippen molar-refractivity contribution in [3.8, 4) is 0 Å². The molecular formula is C18H37N. The van der Waals surface area contributed by atoms with E-state index in [4.69, 9.17) is 0 Å². The molecule has 0 aliphatic carbocycles. The zero-order chi connectivity index (χ0) is 14.5. The first kappa shape index (κ1) is 18.7. The number of allylic oxidation sites excluding steroid dienone is 1. The highest BCUT2D eigenvalue weighted by molar-refractivity contribution is 4.86. The van der Waals surface area contributed by atoms with E-state index < -0.39 is 0 Å². The molecule has 19 heavy (non-hydrogen) atoms. The Morgan fingerprint density at radius 2 is 1.42 bits per heavy atom. The predicted octanol–water partition coefficient (Wildman–Crippen LogP) is 5.66. The average Bonchev–Trinajstić information content (AvgIpc) is 2.31. The van der Waals surface area contributed by atoms with E-state index in [1.807, 2.05) is 0 Å². The zero-order valence-corrected chi connectivity index (χ0v) is 14.0. The van der Waals surface area contributed by atoms with Crippen LogP contribution in [0.5, 0.6) is 0 Å². The maximum Gasteiger partial charge on any atom is -0.00247 e. The van der Waals surface area contributed by atoms with Gasteiger partial charge in [0.1, 0.15) is 0 Å². The molecule has 0 rings (SSSR count). The molecule has 1 heteroatoms. The number of nitrogens with zero attached hydrogens (tertiary/aromatic N) is 1. The minimum Gasteiger partial charge on any atom is -0.309 e. The van der Waals surface area contributed by atoms with Crippen LogP contribution in [0.1, 0.15) is 78.1 Å². The van der Waals surface area contributed by atoms with Crippen LogP contribution >= 0.6 is 0 Å². The number of unbranched alkanes of at least 4 members (excludes halogenated alkanes) is 5. The molecule has 1 nitrogen and oxygen atoms in total. The summed E-state index contributed by atoms with van der Waals surface area (Å²) in [5.41, 5.74) is 1.34. The van der Waals surface area contributed by atoms with Crippen LogP contribution in [0.3, 0.4) is 0 Å². The van der Waals surface area contributed by atoms with Gasteiger partial charge < -0.3 is 4.90 Å². The quantitative estimate of drug-likeness (QED) is 0.307. The summed E-state index contributed by atoms with van der Waals surface area (Å²) in [5, 5.41) is 0. The Kier molecular flexibility index (Phi) is 12.5. The molecule has 0 radical (unpaired) electrons. The Balaban J connectivity index is 3.18. The van der Waals surface area contributed by atoms with Crippen molar-refractivity contribution in [2.75, 3.05) is 20.6 Å². The molecule has 0 unspecified atom stereocenters. The van der Waals surface area contributed by atoms with Crippen LogP contribution in [-0.2, 0) is 0 Å². The van der Waals surface area contributed by atoms with E-state index in [0.29, 0.717) is 0 Å². The fraction of sp³-hybridized carbons (Fsp3) is 0.889. The van der Waals surface area contributed by atoms with Gasteiger partial charge in [-0.2, -0.15) is 0 Å². The third kappa shape index (κ3) is 15.6. The van der Waals surface area contributed by atoms with E-state index in [9.17, 15) is 0 Å². The highest BCUT2D eigenvalue weighted by atomic mass is 15.0. The topological polar surface area (TPSA) is 3.24 Å². The maximum absolute atomic E-state index is 3.95. The third-order valence-electron chi connectivity index (χ3n) is 3.85. The average molecular weight is 268 g/mol. The van der Waals surface area contributed by atoms with Crippen molar-refractivity contribution in [3.63, 3.8) is 0 Å². The van der Waals surface area contributed by atoms with Crippen molar-refractivity contribution in [2.24, 2.45) is 5.92 Å². The summed E-state index contributed by atoms with van der Waals surface area (Å²) in [6, 6.07) is 0. The first-order valence-corrected chi connectivity index (χ1v) is 8.31. The number of hydrogen-bond acceptors (Lipinski definition) is 1. The Hall–Kier alpha value is -0.300. The molecule has 0 saturated heterocycles. The van der Waals surface area contributed by atoms with E-state index >= 15 is 0 Å². The zero-order valence-electron chi connectivity index (χ0n) is 14.0. The molecule has 0 aromatic carbocycles. The van der Waals surface area contributed by atoms with Crippen molar-refractivity contribution in [2.45, 2.75) is 78.1 Å². The minimum atomic E-state index is 0.920. The molecule has 0 amide bonds. The van der Waals surface area contributed by atoms with Crippen LogP contribution in [0.4, 0.5) is 0 Å². The Morgan fingerprint density at radius 1 is 0.895 bits per heavy atom. The van der Waals surface area contributed by atoms with Crippen molar-refractivity contribution < 1.29 is 0 Å². The van der Waals surface area contributed by atoms with Crippen molar-refractivity contribution >= 4 is 0 Å². The van der Waals surface area contributed by atoms with Crippen molar-refractivity contribution in [1.29, 1.82) is 0 Å². The standard InChI is InChI=1S/C18H37N/c1-17(2)13-10-8-6-7-9-11-14-18(3)15-12-16-19(4)5/h18H,1,6-16H2,2-5H3/t18-/m0/s1. The van der Waals surface area contributed by atoms with Crippen LogP contribution in [0.2, 0.25) is 0 Å². The Bertz CT molecular complexity index is 208. The molecule has 0 aromatic rings. The Labute approximate surface area is 122 Å². The van der Waals surface area contributed by atoms with Gasteiger partial charge in [0.05, 0.1) is 0 Å². The molecule has 0 heterocycles. The molecule has 0 bridgehead atoms. The van der Waals surface area contributed by atoms with Crippen LogP contribution < -0.4 is 0 Å². The molecule has 0 spiro atoms. The van der Waals surface area contributed by atoms with E-state index in [-0.39, 0.29) is 0 Å². The fourth-order valence-corrected chi connectivity index (χ4v) is 2.53. The van der Waals surface area contributed by atoms with E-state index in [1.165, 1.54) is 76.3 Å². The summed E-state index contributed by atoms with van der Waals surface area (Å²) in [5.74, 6) is 0.920. The second-order valence-electron chi connectivity index (χ2n) is 6.67. The van der Waals surface area contributed by atoms with Gasteiger partial charge in [-0.05, 0) is 59.2 Å². The van der Waals surface area contributed by atoms with Gasteiger partial charge in [-0.25, -0.2) is 0 Å². The highest BCUT2D eigenvalue weighted by Crippen LogP contribution is 2.16. The summed E-state index contributed by atoms with van der Waals surface area (Å²) in [6.45, 7) is 9.75. The van der Waals surface area contributed by atoms with Gasteiger partial charge in [0, 0.05) is 0 Å². The molecule has 0 aromatic heterocycles. The van der Waals surface area contributed by atoms with Gasteiger partial charge in [0.2, 0.25) is 0 Å². The summed E-state index contributed by atoms with van der Waals surface area (Å²) in [7, 11) is 4.33. The second-order valence-corrected chi connectivity index (χ2v) is 6.67. The predicted molar refractivity (Wildman–Crippen MR) is 88.7 cm³/mol. The molecular weight excluding hydrogens is 230 g/mol. The second kappa shape index (κ2) is 12.7. The molecule has 0 fully saturated rings. The van der Waals surface area contributed by atoms with E-state index in [2.05, 4.69) is 39.4 Å². The molecule has 0 saturated carbocycles. The number of rotatable bonds is 13. The summed E-state index contributed by atoms with van der Waals surface area (Å²) >= 11 is 0. The van der Waals surface area contributed by atoms with Gasteiger partial charge in [-0.3, -0.25) is 0 Å². The molecule has 1 atom stereocenters. The monoisotopic (exact) mass is 267 g/mol. The molecule has 0 N–H and O–H groups in total. The smallest absolute Gasteiger partial charge is 0.00247 e. The summed E-state index contributed by atoms with van der Waals surface area (Å²) in [6.07, 6.45) is 13.9. The van der Waals surface area contributed by atoms with Crippen molar-refractivity contribution in [3.05, 3.63) is 12.2 Å². The largest absolute Gasteiger partial charge is 0.309 e. The lowest BCUT2D eigenvalue weighted by Gasteiger charge is -2.13. The van der Waals surface area contributed by atoms with Gasteiger partial charge in [0.15, 0.2) is 0 Å². The van der Waals surface area contributed by atoms with Crippen LogP contribution in [-0.4, -0.2) is 25.5 Å². The third-order valence-corrected chi connectivity index (χ3v) is 3.85. The van der Waals surface area contributed by atoms with Gasteiger partial charge >= 0.3 is 0 Å². The molecule has 114 valence electrons. The molecule has 0 aliphatic heterocycles. The summed E-state index contributed by atoms with van der Waals surface area (Å²) < 4.78 is 0. The fourth-order valence-electron chi connectivity index (χ4n) is 2.53. The minimum absolute atomic E-state index is 0.920. The van der Waals surface area contributed by atoms with Gasteiger partial charge in [-0.1, -0.05) is 51.0 Å². The van der Waals surface area contributed by atoms with E-state index in [1.54, 1.807) is 0 Å². The first-order valence-electron chi connectivity index (χ1n) is 8.31. The van der Waals surface area contributed by atoms with Gasteiger partial charge in [-0.15, -0.1) is 6.58 Å². The molecule has 0 aliphatic rings. The lowest BCUT2D eigenvalue weighted by Crippen LogP contribution is -2.13. The highest BCUT2D eigenvalue weighted by Gasteiger charge is 2.02. The lowest BCUT2D eigenvalue weighted by molar-refractivity contribution is 0.361. The SMILES string of the molecule is C=C(C)CCCCCCCC[C@H](C)CCCN(C)C. The maximum atomic E-state index is 3.95. The first-order chi connectivity index (χ1) is 9.02. The van der Waals surface area contributed by atoms with Crippen LogP contribution in [0, 0.1) is 5.92 Å². The summed E-state index contributed by atoms with van der Waals surface area (Å²) in [4.78, 5) is 2.29. The lowest BCUT2D eigenvalue weighted by atomic mass is 9.97. The van der Waals surface area contributed by atoms with Crippen LogP contribution in [0.15, 0.2) is 12.2 Å². The van der Waals surface area contributed by atoms with Crippen LogP contribution in [0.25, 0.3) is 0 Å². The normalized spacial score (nSPS) is 12.9. The number of hydrogen-bond donors (Lipinski definition) is 0. The van der Waals surface area contributed by atoms with Gasteiger partial charge in [0.25, 0.3) is 0 Å². The Morgan fingerprint density at radius 3 is 2.00 bits per heavy atom.